The van der Waals surface area contributed by atoms with Crippen molar-refractivity contribution in [3.05, 3.63) is 28.8 Å². The van der Waals surface area contributed by atoms with Crippen LogP contribution in [0.5, 0.6) is 5.75 Å². The summed E-state index contributed by atoms with van der Waals surface area (Å²) in [6.07, 6.45) is 2.13. The lowest BCUT2D eigenvalue weighted by Gasteiger charge is -2.31. The number of piperidine rings is 1. The van der Waals surface area contributed by atoms with Gasteiger partial charge in [0.2, 0.25) is 0 Å². The predicted octanol–water partition coefficient (Wildman–Crippen LogP) is 3.07. The highest BCUT2D eigenvalue weighted by atomic mass is 35.5. The molecule has 0 unspecified atom stereocenters. The Hall–Kier alpha value is -1.75. The second-order valence-corrected chi connectivity index (χ2v) is 5.85. The molecule has 1 aromatic rings. The molecule has 120 valence electrons. The summed E-state index contributed by atoms with van der Waals surface area (Å²) in [6.45, 7) is 3.29. The summed E-state index contributed by atoms with van der Waals surface area (Å²) in [7, 11) is 0. The van der Waals surface area contributed by atoms with Gasteiger partial charge in [0.1, 0.15) is 5.75 Å². The fourth-order valence-electron chi connectivity index (χ4n) is 2.54. The van der Waals surface area contributed by atoms with Gasteiger partial charge in [0.05, 0.1) is 18.1 Å². The number of hydrogen-bond donors (Lipinski definition) is 1. The molecule has 0 saturated carbocycles. The maximum absolute atomic E-state index is 12.7. The van der Waals surface area contributed by atoms with Gasteiger partial charge in [0.15, 0.2) is 0 Å². The first-order valence-electron chi connectivity index (χ1n) is 7.47. The van der Waals surface area contributed by atoms with E-state index in [1.54, 1.807) is 23.1 Å². The second kappa shape index (κ2) is 7.49. The molecule has 1 heterocycles. The summed E-state index contributed by atoms with van der Waals surface area (Å²) in [5.41, 5.74) is 0.395. The lowest BCUT2D eigenvalue weighted by Crippen LogP contribution is -2.42. The molecule has 1 atom stereocenters. The van der Waals surface area contributed by atoms with Crippen LogP contribution in [0.3, 0.4) is 0 Å². The van der Waals surface area contributed by atoms with E-state index in [9.17, 15) is 9.59 Å². The Kier molecular flexibility index (Phi) is 5.66. The molecule has 22 heavy (non-hydrogen) atoms. The van der Waals surface area contributed by atoms with Crippen LogP contribution in [0.1, 0.15) is 36.5 Å². The number of carbonyl (C=O) groups is 2. The number of nitrogens with zero attached hydrogens (tertiary/aromatic N) is 1. The molecule has 0 aliphatic carbocycles. The molecular formula is C16H20ClNO4. The monoisotopic (exact) mass is 325 g/mol. The standard InChI is InChI=1S/C16H20ClNO4/c1-2-8-22-14-6-5-12(17)9-13(14)15(19)18-7-3-4-11(10-18)16(20)21/h5-6,9,11H,2-4,7-8,10H2,1H3,(H,20,21)/t11-/m0/s1. The summed E-state index contributed by atoms with van der Waals surface area (Å²) in [5.74, 6) is -1.09. The van der Waals surface area contributed by atoms with Gasteiger partial charge < -0.3 is 14.7 Å². The first-order valence-corrected chi connectivity index (χ1v) is 7.85. The normalized spacial score (nSPS) is 18.1. The number of carboxylic acid groups (broad SMARTS) is 1. The van der Waals surface area contributed by atoms with E-state index in [0.29, 0.717) is 42.3 Å². The number of hydrogen-bond acceptors (Lipinski definition) is 3. The van der Waals surface area contributed by atoms with Crippen LogP contribution in [0.15, 0.2) is 18.2 Å². The average molecular weight is 326 g/mol. The lowest BCUT2D eigenvalue weighted by molar-refractivity contribution is -0.143. The van der Waals surface area contributed by atoms with E-state index in [-0.39, 0.29) is 12.5 Å². The van der Waals surface area contributed by atoms with Crippen LogP contribution in [-0.2, 0) is 4.79 Å². The molecule has 1 aromatic carbocycles. The molecule has 0 spiro atoms. The quantitative estimate of drug-likeness (QED) is 0.903. The van der Waals surface area contributed by atoms with Crippen molar-refractivity contribution in [3.63, 3.8) is 0 Å². The molecule has 1 aliphatic heterocycles. The molecule has 0 aromatic heterocycles. The number of likely N-dealkylation sites (tertiary alicyclic amines) is 1. The van der Waals surface area contributed by atoms with Gasteiger partial charge in [0, 0.05) is 18.1 Å². The number of aliphatic carboxylic acids is 1. The predicted molar refractivity (Wildman–Crippen MR) is 83.5 cm³/mol. The lowest BCUT2D eigenvalue weighted by atomic mass is 9.97. The van der Waals surface area contributed by atoms with Crippen LogP contribution in [0, 0.1) is 5.92 Å². The van der Waals surface area contributed by atoms with E-state index >= 15 is 0 Å². The Bertz CT molecular complexity index is 561. The number of halogens is 1. The Morgan fingerprint density at radius 1 is 1.45 bits per heavy atom. The number of carbonyl (C=O) groups excluding carboxylic acids is 1. The van der Waals surface area contributed by atoms with Crippen LogP contribution in [0.25, 0.3) is 0 Å². The summed E-state index contributed by atoms with van der Waals surface area (Å²) >= 11 is 5.99. The Balaban J connectivity index is 2.20. The van der Waals surface area contributed by atoms with E-state index < -0.39 is 11.9 Å². The van der Waals surface area contributed by atoms with E-state index in [4.69, 9.17) is 21.4 Å². The number of amides is 1. The molecular weight excluding hydrogens is 306 g/mol. The molecule has 0 radical (unpaired) electrons. The van der Waals surface area contributed by atoms with Gasteiger partial charge in [-0.3, -0.25) is 9.59 Å². The summed E-state index contributed by atoms with van der Waals surface area (Å²) < 4.78 is 5.61. The van der Waals surface area contributed by atoms with Crippen molar-refractivity contribution in [1.82, 2.24) is 4.90 Å². The first kappa shape index (κ1) is 16.6. The van der Waals surface area contributed by atoms with Gasteiger partial charge in [-0.1, -0.05) is 18.5 Å². The number of benzene rings is 1. The van der Waals surface area contributed by atoms with Crippen LogP contribution in [-0.4, -0.2) is 41.6 Å². The SMILES string of the molecule is CCCOc1ccc(Cl)cc1C(=O)N1CCC[C@H](C(=O)O)C1. The highest BCUT2D eigenvalue weighted by molar-refractivity contribution is 6.31. The largest absolute Gasteiger partial charge is 0.493 e. The third-order valence-corrected chi connectivity index (χ3v) is 3.93. The number of rotatable bonds is 5. The van der Waals surface area contributed by atoms with E-state index in [2.05, 4.69) is 0 Å². The van der Waals surface area contributed by atoms with E-state index in [1.165, 1.54) is 0 Å². The van der Waals surface area contributed by atoms with Gasteiger partial charge >= 0.3 is 5.97 Å². The van der Waals surface area contributed by atoms with Crippen molar-refractivity contribution in [2.75, 3.05) is 19.7 Å². The number of carboxylic acids is 1. The summed E-state index contributed by atoms with van der Waals surface area (Å²) in [4.78, 5) is 25.4. The van der Waals surface area contributed by atoms with E-state index in [0.717, 1.165) is 6.42 Å². The van der Waals surface area contributed by atoms with Crippen molar-refractivity contribution in [3.8, 4) is 5.75 Å². The zero-order valence-corrected chi connectivity index (χ0v) is 13.3. The van der Waals surface area contributed by atoms with Crippen molar-refractivity contribution in [1.29, 1.82) is 0 Å². The molecule has 1 N–H and O–H groups in total. The molecule has 1 amide bonds. The highest BCUT2D eigenvalue weighted by Gasteiger charge is 2.29. The molecule has 1 aliphatic rings. The number of ether oxygens (including phenoxy) is 1. The topological polar surface area (TPSA) is 66.8 Å². The zero-order valence-electron chi connectivity index (χ0n) is 12.5. The summed E-state index contributed by atoms with van der Waals surface area (Å²) in [5, 5.41) is 9.60. The molecule has 5 nitrogen and oxygen atoms in total. The Labute approximate surface area is 134 Å². The highest BCUT2D eigenvalue weighted by Crippen LogP contribution is 2.27. The maximum atomic E-state index is 12.7. The van der Waals surface area contributed by atoms with Crippen LogP contribution in [0.2, 0.25) is 5.02 Å². The Morgan fingerprint density at radius 3 is 2.91 bits per heavy atom. The van der Waals surface area contributed by atoms with Gasteiger partial charge in [-0.05, 0) is 37.5 Å². The van der Waals surface area contributed by atoms with Crippen LogP contribution >= 0.6 is 11.6 Å². The van der Waals surface area contributed by atoms with Gasteiger partial charge in [0.25, 0.3) is 5.91 Å². The fraction of sp³-hybridized carbons (Fsp3) is 0.500. The fourth-order valence-corrected chi connectivity index (χ4v) is 2.71. The third-order valence-electron chi connectivity index (χ3n) is 3.69. The van der Waals surface area contributed by atoms with Crippen molar-refractivity contribution < 1.29 is 19.4 Å². The Morgan fingerprint density at radius 2 is 2.23 bits per heavy atom. The van der Waals surface area contributed by atoms with Crippen LogP contribution in [0.4, 0.5) is 0 Å². The van der Waals surface area contributed by atoms with Gasteiger partial charge in [-0.15, -0.1) is 0 Å². The minimum atomic E-state index is -0.856. The zero-order chi connectivity index (χ0) is 16.1. The maximum Gasteiger partial charge on any atom is 0.308 e. The van der Waals surface area contributed by atoms with Crippen molar-refractivity contribution in [2.24, 2.45) is 5.92 Å². The second-order valence-electron chi connectivity index (χ2n) is 5.42. The smallest absolute Gasteiger partial charge is 0.308 e. The molecule has 2 rings (SSSR count). The third kappa shape index (κ3) is 3.91. The first-order chi connectivity index (χ1) is 10.5. The minimum Gasteiger partial charge on any atom is -0.493 e. The molecule has 6 heteroatoms. The van der Waals surface area contributed by atoms with Gasteiger partial charge in [-0.2, -0.15) is 0 Å². The summed E-state index contributed by atoms with van der Waals surface area (Å²) in [6, 6.07) is 4.95. The van der Waals surface area contributed by atoms with Crippen LogP contribution < -0.4 is 4.74 Å². The van der Waals surface area contributed by atoms with Gasteiger partial charge in [-0.25, -0.2) is 0 Å². The minimum absolute atomic E-state index is 0.223. The molecule has 1 saturated heterocycles. The van der Waals surface area contributed by atoms with E-state index in [1.807, 2.05) is 6.92 Å². The molecule has 0 bridgehead atoms. The molecule has 1 fully saturated rings. The van der Waals surface area contributed by atoms with Crippen molar-refractivity contribution >= 4 is 23.5 Å². The van der Waals surface area contributed by atoms with Crippen molar-refractivity contribution in [2.45, 2.75) is 26.2 Å². The average Bonchev–Trinajstić information content (AvgIpc) is 2.53.